The van der Waals surface area contributed by atoms with Gasteiger partial charge in [0.25, 0.3) is 0 Å². The summed E-state index contributed by atoms with van der Waals surface area (Å²) >= 11 is 0. The summed E-state index contributed by atoms with van der Waals surface area (Å²) in [6.45, 7) is 3.59. The molecule has 0 saturated heterocycles. The van der Waals surface area contributed by atoms with E-state index in [2.05, 4.69) is 0 Å². The van der Waals surface area contributed by atoms with Gasteiger partial charge in [-0.2, -0.15) is 0 Å². The highest BCUT2D eigenvalue weighted by molar-refractivity contribution is 5.96. The SMILES string of the molecule is CC(C)[C@H](C(N)=O)c1ccc(F)cc1C(N)=O. The molecule has 1 aromatic carbocycles. The van der Waals surface area contributed by atoms with E-state index in [1.54, 1.807) is 13.8 Å². The maximum atomic E-state index is 13.0. The lowest BCUT2D eigenvalue weighted by Gasteiger charge is -2.19. The molecule has 17 heavy (non-hydrogen) atoms. The van der Waals surface area contributed by atoms with Crippen molar-refractivity contribution in [1.29, 1.82) is 0 Å². The lowest BCUT2D eigenvalue weighted by atomic mass is 9.85. The fourth-order valence-corrected chi connectivity index (χ4v) is 1.85. The molecular weight excluding hydrogens is 223 g/mol. The number of primary amides is 2. The van der Waals surface area contributed by atoms with Crippen molar-refractivity contribution in [2.24, 2.45) is 17.4 Å². The van der Waals surface area contributed by atoms with E-state index in [4.69, 9.17) is 11.5 Å². The average molecular weight is 238 g/mol. The number of nitrogens with two attached hydrogens (primary N) is 2. The van der Waals surface area contributed by atoms with Crippen molar-refractivity contribution in [3.8, 4) is 0 Å². The smallest absolute Gasteiger partial charge is 0.249 e. The second kappa shape index (κ2) is 4.95. The zero-order chi connectivity index (χ0) is 13.2. The maximum Gasteiger partial charge on any atom is 0.249 e. The Kier molecular flexibility index (Phi) is 3.83. The van der Waals surface area contributed by atoms with E-state index in [1.165, 1.54) is 12.1 Å². The number of hydrogen-bond acceptors (Lipinski definition) is 2. The first-order chi connectivity index (χ1) is 7.84. The highest BCUT2D eigenvalue weighted by atomic mass is 19.1. The molecule has 0 bridgehead atoms. The predicted octanol–water partition coefficient (Wildman–Crippen LogP) is 1.15. The zero-order valence-electron chi connectivity index (χ0n) is 9.74. The molecule has 0 aliphatic rings. The highest BCUT2D eigenvalue weighted by Crippen LogP contribution is 2.27. The largest absolute Gasteiger partial charge is 0.369 e. The van der Waals surface area contributed by atoms with Crippen LogP contribution in [0.5, 0.6) is 0 Å². The van der Waals surface area contributed by atoms with Gasteiger partial charge in [-0.15, -0.1) is 0 Å². The second-order valence-corrected chi connectivity index (χ2v) is 4.22. The van der Waals surface area contributed by atoms with Crippen LogP contribution in [-0.2, 0) is 4.79 Å². The van der Waals surface area contributed by atoms with Gasteiger partial charge in [-0.3, -0.25) is 9.59 Å². The molecule has 1 atom stereocenters. The molecule has 5 heteroatoms. The van der Waals surface area contributed by atoms with Crippen molar-refractivity contribution < 1.29 is 14.0 Å². The number of hydrogen-bond donors (Lipinski definition) is 2. The monoisotopic (exact) mass is 238 g/mol. The third-order valence-corrected chi connectivity index (χ3v) is 2.59. The van der Waals surface area contributed by atoms with Gasteiger partial charge >= 0.3 is 0 Å². The summed E-state index contributed by atoms with van der Waals surface area (Å²) in [5, 5.41) is 0. The number of benzene rings is 1. The van der Waals surface area contributed by atoms with Crippen LogP contribution in [0, 0.1) is 11.7 Å². The van der Waals surface area contributed by atoms with E-state index in [1.807, 2.05) is 0 Å². The molecule has 1 rings (SSSR count). The quantitative estimate of drug-likeness (QED) is 0.824. The summed E-state index contributed by atoms with van der Waals surface area (Å²) in [4.78, 5) is 22.6. The number of rotatable bonds is 4. The Balaban J connectivity index is 3.37. The van der Waals surface area contributed by atoms with Crippen molar-refractivity contribution >= 4 is 11.8 Å². The Bertz CT molecular complexity index is 458. The van der Waals surface area contributed by atoms with Crippen LogP contribution in [0.25, 0.3) is 0 Å². The predicted molar refractivity (Wildman–Crippen MR) is 61.7 cm³/mol. The summed E-state index contributed by atoms with van der Waals surface area (Å²) in [6.07, 6.45) is 0. The molecule has 2 amide bonds. The average Bonchev–Trinajstić information content (AvgIpc) is 2.19. The van der Waals surface area contributed by atoms with Crippen molar-refractivity contribution in [2.75, 3.05) is 0 Å². The third-order valence-electron chi connectivity index (χ3n) is 2.59. The van der Waals surface area contributed by atoms with Crippen LogP contribution in [-0.4, -0.2) is 11.8 Å². The van der Waals surface area contributed by atoms with Gasteiger partial charge in [0, 0.05) is 5.56 Å². The van der Waals surface area contributed by atoms with Gasteiger partial charge in [0.2, 0.25) is 11.8 Å². The van der Waals surface area contributed by atoms with Gasteiger partial charge in [0.05, 0.1) is 5.92 Å². The van der Waals surface area contributed by atoms with E-state index in [9.17, 15) is 14.0 Å². The van der Waals surface area contributed by atoms with Crippen molar-refractivity contribution in [3.63, 3.8) is 0 Å². The Labute approximate surface area is 98.8 Å². The number of halogens is 1. The highest BCUT2D eigenvalue weighted by Gasteiger charge is 2.26. The van der Waals surface area contributed by atoms with Crippen molar-refractivity contribution in [1.82, 2.24) is 0 Å². The molecule has 0 fully saturated rings. The molecule has 1 aromatic rings. The minimum Gasteiger partial charge on any atom is -0.369 e. The van der Waals surface area contributed by atoms with Gasteiger partial charge < -0.3 is 11.5 Å². The maximum absolute atomic E-state index is 13.0. The summed E-state index contributed by atoms with van der Waals surface area (Å²) in [5.74, 6) is -2.66. The van der Waals surface area contributed by atoms with Gasteiger partial charge in [-0.1, -0.05) is 19.9 Å². The molecule has 0 aliphatic heterocycles. The Hall–Kier alpha value is -1.91. The number of carbonyl (C=O) groups excluding carboxylic acids is 2. The minimum absolute atomic E-state index is 0.00231. The molecule has 0 saturated carbocycles. The van der Waals surface area contributed by atoms with E-state index in [0.29, 0.717) is 5.56 Å². The van der Waals surface area contributed by atoms with E-state index >= 15 is 0 Å². The van der Waals surface area contributed by atoms with Gasteiger partial charge in [-0.25, -0.2) is 4.39 Å². The van der Waals surface area contributed by atoms with Crippen molar-refractivity contribution in [3.05, 3.63) is 35.1 Å². The Morgan fingerprint density at radius 2 is 1.82 bits per heavy atom. The summed E-state index contributed by atoms with van der Waals surface area (Å²) < 4.78 is 13.0. The van der Waals surface area contributed by atoms with Crippen LogP contribution in [0.3, 0.4) is 0 Å². The molecule has 0 spiro atoms. The first kappa shape index (κ1) is 13.2. The normalized spacial score (nSPS) is 12.5. The third kappa shape index (κ3) is 2.81. The zero-order valence-corrected chi connectivity index (χ0v) is 9.74. The first-order valence-corrected chi connectivity index (χ1v) is 5.23. The lowest BCUT2D eigenvalue weighted by Crippen LogP contribution is -2.28. The summed E-state index contributed by atoms with van der Waals surface area (Å²) in [7, 11) is 0. The van der Waals surface area contributed by atoms with Crippen LogP contribution >= 0.6 is 0 Å². The van der Waals surface area contributed by atoms with Crippen LogP contribution in [0.2, 0.25) is 0 Å². The van der Waals surface area contributed by atoms with Crippen LogP contribution in [0.4, 0.5) is 4.39 Å². The van der Waals surface area contributed by atoms with Crippen LogP contribution in [0.15, 0.2) is 18.2 Å². The van der Waals surface area contributed by atoms with Gasteiger partial charge in [0.15, 0.2) is 0 Å². The van der Waals surface area contributed by atoms with Gasteiger partial charge in [-0.05, 0) is 23.6 Å². The molecule has 0 radical (unpaired) electrons. The van der Waals surface area contributed by atoms with Crippen LogP contribution < -0.4 is 11.5 Å². The second-order valence-electron chi connectivity index (χ2n) is 4.22. The van der Waals surface area contributed by atoms with E-state index in [0.717, 1.165) is 6.07 Å². The van der Waals surface area contributed by atoms with E-state index in [-0.39, 0.29) is 11.5 Å². The van der Waals surface area contributed by atoms with Gasteiger partial charge in [0.1, 0.15) is 5.82 Å². The standard InChI is InChI=1S/C12H15FN2O2/c1-6(2)10(12(15)17)8-4-3-7(13)5-9(8)11(14)16/h3-6,10H,1-2H3,(H2,14,16)(H2,15,17)/t10-/m0/s1. The molecule has 0 aromatic heterocycles. The van der Waals surface area contributed by atoms with E-state index < -0.39 is 23.5 Å². The van der Waals surface area contributed by atoms with Crippen molar-refractivity contribution in [2.45, 2.75) is 19.8 Å². The first-order valence-electron chi connectivity index (χ1n) is 5.23. The summed E-state index contributed by atoms with van der Waals surface area (Å²) in [5.41, 5.74) is 10.8. The molecule has 92 valence electrons. The topological polar surface area (TPSA) is 86.2 Å². The molecular formula is C12H15FN2O2. The fraction of sp³-hybridized carbons (Fsp3) is 0.333. The molecule has 0 aliphatic carbocycles. The number of carbonyl (C=O) groups is 2. The molecule has 0 heterocycles. The molecule has 0 unspecified atom stereocenters. The Morgan fingerprint density at radius 3 is 2.24 bits per heavy atom. The van der Waals surface area contributed by atoms with Crippen LogP contribution in [0.1, 0.15) is 35.7 Å². The minimum atomic E-state index is -0.772. The summed E-state index contributed by atoms with van der Waals surface area (Å²) in [6, 6.07) is 3.58. The molecule has 4 N–H and O–H groups in total. The fourth-order valence-electron chi connectivity index (χ4n) is 1.85. The molecule has 4 nitrogen and oxygen atoms in total. The number of amides is 2. The Morgan fingerprint density at radius 1 is 1.24 bits per heavy atom. The lowest BCUT2D eigenvalue weighted by molar-refractivity contribution is -0.120.